The molecule has 0 spiro atoms. The first-order valence-corrected chi connectivity index (χ1v) is 4.63. The van der Waals surface area contributed by atoms with Crippen LogP contribution in [0.15, 0.2) is 4.52 Å². The molecule has 1 saturated carbocycles. The highest BCUT2D eigenvalue weighted by Crippen LogP contribution is 2.48. The zero-order valence-electron chi connectivity index (χ0n) is 8.65. The lowest BCUT2D eigenvalue weighted by molar-refractivity contribution is -0.144. The summed E-state index contributed by atoms with van der Waals surface area (Å²) in [5.74, 6) is 0.471. The number of carbonyl (C=O) groups excluding carboxylic acids is 1. The number of aromatic nitrogens is 2. The third kappa shape index (κ3) is 1.61. The Kier molecular flexibility index (Phi) is 2.44. The van der Waals surface area contributed by atoms with E-state index < -0.39 is 5.41 Å². The van der Waals surface area contributed by atoms with Gasteiger partial charge >= 0.3 is 5.97 Å². The van der Waals surface area contributed by atoms with Crippen molar-refractivity contribution in [2.24, 2.45) is 0 Å². The van der Waals surface area contributed by atoms with E-state index in [9.17, 15) is 4.79 Å². The lowest BCUT2D eigenvalue weighted by Gasteiger charge is -2.05. The molecule has 1 aromatic rings. The Bertz CT molecular complexity index is 370. The minimum Gasteiger partial charge on any atom is -0.468 e. The highest BCUT2D eigenvalue weighted by molar-refractivity contribution is 5.85. The monoisotopic (exact) mass is 212 g/mol. The number of nitrogens with zero attached hydrogens (tertiary/aromatic N) is 2. The Hall–Kier alpha value is -1.43. The molecule has 1 aliphatic rings. The van der Waals surface area contributed by atoms with Gasteiger partial charge in [0, 0.05) is 7.11 Å². The van der Waals surface area contributed by atoms with Gasteiger partial charge in [0.05, 0.1) is 7.11 Å². The average Bonchev–Trinajstić information content (AvgIpc) is 2.93. The van der Waals surface area contributed by atoms with Crippen LogP contribution in [0.2, 0.25) is 0 Å². The fourth-order valence-corrected chi connectivity index (χ4v) is 1.46. The number of hydrogen-bond donors (Lipinski definition) is 0. The number of rotatable bonds is 4. The van der Waals surface area contributed by atoms with Crippen LogP contribution in [0.1, 0.15) is 24.6 Å². The van der Waals surface area contributed by atoms with Crippen molar-refractivity contribution in [1.82, 2.24) is 10.1 Å². The molecule has 0 aliphatic heterocycles. The van der Waals surface area contributed by atoms with Crippen molar-refractivity contribution in [1.29, 1.82) is 0 Å². The van der Waals surface area contributed by atoms with E-state index in [1.807, 2.05) is 0 Å². The first-order chi connectivity index (χ1) is 7.23. The van der Waals surface area contributed by atoms with Crippen LogP contribution in [-0.2, 0) is 26.3 Å². The van der Waals surface area contributed by atoms with E-state index in [0.717, 1.165) is 0 Å². The summed E-state index contributed by atoms with van der Waals surface area (Å²) < 4.78 is 14.6. The maximum Gasteiger partial charge on any atom is 0.321 e. The van der Waals surface area contributed by atoms with Crippen molar-refractivity contribution >= 4 is 5.97 Å². The van der Waals surface area contributed by atoms with Crippen LogP contribution in [0.3, 0.4) is 0 Å². The minimum absolute atomic E-state index is 0.279. The molecule has 2 rings (SSSR count). The summed E-state index contributed by atoms with van der Waals surface area (Å²) in [5.41, 5.74) is -0.687. The van der Waals surface area contributed by atoms with Gasteiger partial charge in [-0.05, 0) is 12.8 Å². The Morgan fingerprint density at radius 1 is 1.53 bits per heavy atom. The molecule has 1 aliphatic carbocycles. The quantitative estimate of drug-likeness (QED) is 0.673. The van der Waals surface area contributed by atoms with E-state index in [4.69, 9.17) is 14.0 Å². The smallest absolute Gasteiger partial charge is 0.321 e. The number of hydrogen-bond acceptors (Lipinski definition) is 6. The van der Waals surface area contributed by atoms with Gasteiger partial charge in [0.1, 0.15) is 12.0 Å². The molecule has 0 amide bonds. The van der Waals surface area contributed by atoms with E-state index in [1.54, 1.807) is 7.11 Å². The molecule has 0 aromatic carbocycles. The number of ether oxygens (including phenoxy) is 2. The maximum atomic E-state index is 11.5. The Labute approximate surface area is 86.6 Å². The summed E-state index contributed by atoms with van der Waals surface area (Å²) in [6, 6.07) is 0. The Morgan fingerprint density at radius 3 is 2.80 bits per heavy atom. The summed E-state index contributed by atoms with van der Waals surface area (Å²) in [6.45, 7) is 0.279. The molecular formula is C9H12N2O4. The van der Waals surface area contributed by atoms with Crippen LogP contribution >= 0.6 is 0 Å². The van der Waals surface area contributed by atoms with Gasteiger partial charge in [0.2, 0.25) is 5.89 Å². The Balaban J connectivity index is 2.18. The number of carbonyl (C=O) groups is 1. The van der Waals surface area contributed by atoms with E-state index in [0.29, 0.717) is 24.6 Å². The van der Waals surface area contributed by atoms with Crippen LogP contribution in [0.5, 0.6) is 0 Å². The van der Waals surface area contributed by atoms with E-state index in [-0.39, 0.29) is 12.6 Å². The summed E-state index contributed by atoms with van der Waals surface area (Å²) in [5, 5.41) is 3.71. The maximum absolute atomic E-state index is 11.5. The van der Waals surface area contributed by atoms with Crippen LogP contribution in [0.25, 0.3) is 0 Å². The molecule has 0 saturated heterocycles. The second-order valence-electron chi connectivity index (χ2n) is 3.52. The van der Waals surface area contributed by atoms with Crippen LogP contribution in [0.4, 0.5) is 0 Å². The molecule has 0 unspecified atom stereocenters. The van der Waals surface area contributed by atoms with Crippen LogP contribution in [-0.4, -0.2) is 30.3 Å². The number of methoxy groups -OCH3 is 2. The molecule has 1 fully saturated rings. The van der Waals surface area contributed by atoms with Gasteiger partial charge < -0.3 is 14.0 Å². The van der Waals surface area contributed by atoms with Gasteiger partial charge in [-0.1, -0.05) is 5.16 Å². The molecule has 0 radical (unpaired) electrons. The fraction of sp³-hybridized carbons (Fsp3) is 0.667. The zero-order chi connectivity index (χ0) is 10.9. The Morgan fingerprint density at radius 2 is 2.27 bits per heavy atom. The average molecular weight is 212 g/mol. The molecule has 0 bridgehead atoms. The van der Waals surface area contributed by atoms with Gasteiger partial charge in [0.25, 0.3) is 0 Å². The third-order valence-electron chi connectivity index (χ3n) is 2.48. The molecule has 0 N–H and O–H groups in total. The minimum atomic E-state index is -0.687. The largest absolute Gasteiger partial charge is 0.468 e. The van der Waals surface area contributed by atoms with Crippen molar-refractivity contribution in [2.45, 2.75) is 24.9 Å². The molecule has 82 valence electrons. The van der Waals surface area contributed by atoms with Crippen molar-refractivity contribution in [3.8, 4) is 0 Å². The van der Waals surface area contributed by atoms with Crippen LogP contribution in [0, 0.1) is 0 Å². The second kappa shape index (κ2) is 3.62. The molecule has 0 atom stereocenters. The lowest BCUT2D eigenvalue weighted by atomic mass is 10.1. The fourth-order valence-electron chi connectivity index (χ4n) is 1.46. The van der Waals surface area contributed by atoms with Gasteiger partial charge in [-0.25, -0.2) is 0 Å². The van der Waals surface area contributed by atoms with E-state index in [1.165, 1.54) is 7.11 Å². The van der Waals surface area contributed by atoms with E-state index in [2.05, 4.69) is 10.1 Å². The summed E-state index contributed by atoms with van der Waals surface area (Å²) >= 11 is 0. The molecule has 1 heterocycles. The SMILES string of the molecule is COCc1noc(C2(C(=O)OC)CC2)n1. The zero-order valence-corrected chi connectivity index (χ0v) is 8.65. The predicted octanol–water partition coefficient (Wildman–Crippen LogP) is 0.421. The van der Waals surface area contributed by atoms with Gasteiger partial charge in [-0.15, -0.1) is 0 Å². The first kappa shape index (κ1) is 10.1. The van der Waals surface area contributed by atoms with Gasteiger partial charge in [-0.2, -0.15) is 4.98 Å². The predicted molar refractivity (Wildman–Crippen MR) is 47.9 cm³/mol. The second-order valence-corrected chi connectivity index (χ2v) is 3.52. The summed E-state index contributed by atoms with van der Waals surface area (Å²) in [4.78, 5) is 15.6. The third-order valence-corrected chi connectivity index (χ3v) is 2.48. The molecule has 1 aromatic heterocycles. The topological polar surface area (TPSA) is 74.5 Å². The standard InChI is InChI=1S/C9H12N2O4/c1-13-5-6-10-7(15-11-6)9(3-4-9)8(12)14-2/h3-5H2,1-2H3. The highest BCUT2D eigenvalue weighted by atomic mass is 16.5. The molecule has 6 nitrogen and oxygen atoms in total. The number of esters is 1. The van der Waals surface area contributed by atoms with Gasteiger partial charge in [-0.3, -0.25) is 4.79 Å². The molecular weight excluding hydrogens is 200 g/mol. The van der Waals surface area contributed by atoms with Crippen molar-refractivity contribution in [2.75, 3.05) is 14.2 Å². The normalized spacial score (nSPS) is 17.5. The van der Waals surface area contributed by atoms with Gasteiger partial charge in [0.15, 0.2) is 5.82 Å². The van der Waals surface area contributed by atoms with Crippen LogP contribution < -0.4 is 0 Å². The van der Waals surface area contributed by atoms with E-state index >= 15 is 0 Å². The molecule has 6 heteroatoms. The van der Waals surface area contributed by atoms with Crippen molar-refractivity contribution < 1.29 is 18.8 Å². The first-order valence-electron chi connectivity index (χ1n) is 4.63. The van der Waals surface area contributed by atoms with Crippen molar-refractivity contribution in [3.63, 3.8) is 0 Å². The lowest BCUT2D eigenvalue weighted by Crippen LogP contribution is -2.22. The summed E-state index contributed by atoms with van der Waals surface area (Å²) in [7, 11) is 2.90. The summed E-state index contributed by atoms with van der Waals surface area (Å²) in [6.07, 6.45) is 1.41. The van der Waals surface area contributed by atoms with Crippen molar-refractivity contribution in [3.05, 3.63) is 11.7 Å². The highest BCUT2D eigenvalue weighted by Gasteiger charge is 2.57. The molecule has 15 heavy (non-hydrogen) atoms.